The minimum atomic E-state index is -0.392. The van der Waals surface area contributed by atoms with Gasteiger partial charge in [-0.05, 0) is 18.6 Å². The molecule has 0 spiro atoms. The topological polar surface area (TPSA) is 46.6 Å². The first-order chi connectivity index (χ1) is 7.16. The molecule has 0 aromatic heterocycles. The van der Waals surface area contributed by atoms with Gasteiger partial charge < -0.3 is 0 Å². The van der Waals surface area contributed by atoms with E-state index in [4.69, 9.17) is 4.84 Å². The molecule has 0 aliphatic carbocycles. The van der Waals surface area contributed by atoms with Gasteiger partial charge in [0.2, 0.25) is 0 Å². The van der Waals surface area contributed by atoms with Crippen molar-refractivity contribution in [1.82, 2.24) is 5.06 Å². The van der Waals surface area contributed by atoms with Crippen molar-refractivity contribution in [2.45, 2.75) is 12.8 Å². The Morgan fingerprint density at radius 3 is 2.60 bits per heavy atom. The number of amides is 2. The molecule has 0 N–H and O–H groups in total. The van der Waals surface area contributed by atoms with Gasteiger partial charge in [0.1, 0.15) is 0 Å². The second kappa shape index (κ2) is 3.47. The summed E-state index contributed by atoms with van der Waals surface area (Å²) in [7, 11) is 1.32. The first-order valence-electron chi connectivity index (χ1n) is 4.68. The van der Waals surface area contributed by atoms with Gasteiger partial charge in [0.15, 0.2) is 0 Å². The van der Waals surface area contributed by atoms with Crippen LogP contribution in [0.15, 0.2) is 24.3 Å². The van der Waals surface area contributed by atoms with E-state index in [0.717, 1.165) is 10.6 Å². The monoisotopic (exact) mass is 205 g/mol. The molecular weight excluding hydrogens is 194 g/mol. The summed E-state index contributed by atoms with van der Waals surface area (Å²) in [6.07, 6.45) is 0. The van der Waals surface area contributed by atoms with E-state index in [0.29, 0.717) is 5.56 Å². The maximum atomic E-state index is 11.8. The molecule has 0 bridgehead atoms. The number of benzene rings is 1. The van der Waals surface area contributed by atoms with E-state index in [1.165, 1.54) is 7.11 Å². The number of carbonyl (C=O) groups excluding carboxylic acids is 2. The number of carbonyl (C=O) groups is 2. The summed E-state index contributed by atoms with van der Waals surface area (Å²) in [5.41, 5.74) is 1.30. The lowest BCUT2D eigenvalue weighted by molar-refractivity contribution is -0.164. The number of fused-ring (bicyclic) bond motifs is 1. The van der Waals surface area contributed by atoms with Crippen LogP contribution in [-0.2, 0) is 9.63 Å². The molecule has 1 atom stereocenters. The van der Waals surface area contributed by atoms with Crippen LogP contribution in [-0.4, -0.2) is 24.0 Å². The third-order valence-electron chi connectivity index (χ3n) is 2.60. The van der Waals surface area contributed by atoms with Gasteiger partial charge >= 0.3 is 0 Å². The lowest BCUT2D eigenvalue weighted by atomic mass is 9.91. The Balaban J connectivity index is 2.57. The molecule has 1 aliphatic rings. The van der Waals surface area contributed by atoms with Gasteiger partial charge in [0.25, 0.3) is 11.8 Å². The van der Waals surface area contributed by atoms with Crippen LogP contribution in [0.5, 0.6) is 0 Å². The second-order valence-corrected chi connectivity index (χ2v) is 3.43. The SMILES string of the molecule is CON1C(=O)c2ccccc2C(C)C1=O. The van der Waals surface area contributed by atoms with Crippen LogP contribution in [0.2, 0.25) is 0 Å². The third-order valence-corrected chi connectivity index (χ3v) is 2.60. The standard InChI is InChI=1S/C11H11NO3/c1-7-8-5-3-4-6-9(8)11(14)12(15-2)10(7)13/h3-7H,1-2H3. The number of hydroxylamine groups is 2. The van der Waals surface area contributed by atoms with Gasteiger partial charge in [-0.1, -0.05) is 18.2 Å². The zero-order chi connectivity index (χ0) is 11.0. The van der Waals surface area contributed by atoms with E-state index in [9.17, 15) is 9.59 Å². The Morgan fingerprint density at radius 1 is 1.27 bits per heavy atom. The fourth-order valence-electron chi connectivity index (χ4n) is 1.76. The molecule has 2 rings (SSSR count). The molecule has 78 valence electrons. The number of hydrogen-bond acceptors (Lipinski definition) is 3. The van der Waals surface area contributed by atoms with Crippen LogP contribution < -0.4 is 0 Å². The molecule has 1 heterocycles. The maximum Gasteiger partial charge on any atom is 0.285 e. The summed E-state index contributed by atoms with van der Waals surface area (Å²) in [6, 6.07) is 7.08. The number of nitrogens with zero attached hydrogens (tertiary/aromatic N) is 1. The average Bonchev–Trinajstić information content (AvgIpc) is 2.27. The fraction of sp³-hybridized carbons (Fsp3) is 0.273. The van der Waals surface area contributed by atoms with Crippen LogP contribution >= 0.6 is 0 Å². The van der Waals surface area contributed by atoms with Crippen molar-refractivity contribution in [3.05, 3.63) is 35.4 Å². The third kappa shape index (κ3) is 1.34. The van der Waals surface area contributed by atoms with E-state index in [1.807, 2.05) is 6.07 Å². The normalized spacial score (nSPS) is 20.4. The van der Waals surface area contributed by atoms with Gasteiger partial charge in [0.05, 0.1) is 13.0 Å². The molecule has 0 radical (unpaired) electrons. The minimum absolute atomic E-state index is 0.318. The maximum absolute atomic E-state index is 11.8. The predicted molar refractivity (Wildman–Crippen MR) is 53.0 cm³/mol. The van der Waals surface area contributed by atoms with Crippen molar-refractivity contribution < 1.29 is 14.4 Å². The van der Waals surface area contributed by atoms with Crippen molar-refractivity contribution in [1.29, 1.82) is 0 Å². The highest BCUT2D eigenvalue weighted by atomic mass is 16.7. The van der Waals surface area contributed by atoms with E-state index in [1.54, 1.807) is 25.1 Å². The first-order valence-corrected chi connectivity index (χ1v) is 4.68. The molecule has 4 heteroatoms. The van der Waals surface area contributed by atoms with Crippen LogP contribution in [0.1, 0.15) is 28.8 Å². The van der Waals surface area contributed by atoms with Gasteiger partial charge in [-0.3, -0.25) is 14.4 Å². The molecule has 1 aromatic carbocycles. The average molecular weight is 205 g/mol. The molecule has 0 fully saturated rings. The fourth-order valence-corrected chi connectivity index (χ4v) is 1.76. The Kier molecular flexibility index (Phi) is 2.28. The summed E-state index contributed by atoms with van der Waals surface area (Å²) in [5, 5.41) is 0.812. The van der Waals surface area contributed by atoms with Gasteiger partial charge in [0, 0.05) is 5.56 Å². The van der Waals surface area contributed by atoms with Crippen molar-refractivity contribution in [3.63, 3.8) is 0 Å². The molecule has 1 aliphatic heterocycles. The van der Waals surface area contributed by atoms with E-state index in [-0.39, 0.29) is 11.8 Å². The van der Waals surface area contributed by atoms with Crippen molar-refractivity contribution in [2.24, 2.45) is 0 Å². The van der Waals surface area contributed by atoms with Crippen molar-refractivity contribution in [2.75, 3.05) is 7.11 Å². The summed E-state index contributed by atoms with van der Waals surface area (Å²) in [6.45, 7) is 1.76. The largest absolute Gasteiger partial charge is 0.285 e. The van der Waals surface area contributed by atoms with E-state index >= 15 is 0 Å². The first kappa shape index (κ1) is 9.86. The van der Waals surface area contributed by atoms with Gasteiger partial charge in [-0.15, -0.1) is 5.06 Å². The lowest BCUT2D eigenvalue weighted by Crippen LogP contribution is -2.43. The quantitative estimate of drug-likeness (QED) is 0.650. The Hall–Kier alpha value is -1.68. The molecule has 0 saturated carbocycles. The highest BCUT2D eigenvalue weighted by Gasteiger charge is 2.36. The number of hydrogen-bond donors (Lipinski definition) is 0. The number of rotatable bonds is 1. The molecule has 1 aromatic rings. The van der Waals surface area contributed by atoms with Crippen LogP contribution in [0.4, 0.5) is 0 Å². The predicted octanol–water partition coefficient (Wildman–Crippen LogP) is 1.33. The lowest BCUT2D eigenvalue weighted by Gasteiger charge is -2.28. The van der Waals surface area contributed by atoms with Crippen LogP contribution in [0, 0.1) is 0 Å². The smallest absolute Gasteiger partial charge is 0.271 e. The van der Waals surface area contributed by atoms with E-state index in [2.05, 4.69) is 0 Å². The van der Waals surface area contributed by atoms with Gasteiger partial charge in [-0.25, -0.2) is 0 Å². The van der Waals surface area contributed by atoms with Gasteiger partial charge in [-0.2, -0.15) is 0 Å². The summed E-state index contributed by atoms with van der Waals surface area (Å²) in [4.78, 5) is 28.3. The molecule has 4 nitrogen and oxygen atoms in total. The highest BCUT2D eigenvalue weighted by molar-refractivity contribution is 6.10. The highest BCUT2D eigenvalue weighted by Crippen LogP contribution is 2.28. The van der Waals surface area contributed by atoms with Crippen LogP contribution in [0.25, 0.3) is 0 Å². The molecular formula is C11H11NO3. The molecule has 15 heavy (non-hydrogen) atoms. The Bertz CT molecular complexity index is 428. The minimum Gasteiger partial charge on any atom is -0.271 e. The summed E-state index contributed by atoms with van der Waals surface area (Å²) >= 11 is 0. The zero-order valence-corrected chi connectivity index (χ0v) is 8.56. The second-order valence-electron chi connectivity index (χ2n) is 3.43. The zero-order valence-electron chi connectivity index (χ0n) is 8.56. The molecule has 1 unspecified atom stereocenters. The molecule has 0 saturated heterocycles. The number of imide groups is 1. The summed E-state index contributed by atoms with van der Waals surface area (Å²) < 4.78 is 0. The Labute approximate surface area is 87.4 Å². The molecule has 2 amide bonds. The van der Waals surface area contributed by atoms with E-state index < -0.39 is 5.91 Å². The van der Waals surface area contributed by atoms with Crippen molar-refractivity contribution in [3.8, 4) is 0 Å². The van der Waals surface area contributed by atoms with Crippen molar-refractivity contribution >= 4 is 11.8 Å². The Morgan fingerprint density at radius 2 is 1.93 bits per heavy atom. The van der Waals surface area contributed by atoms with Crippen LogP contribution in [0.3, 0.4) is 0 Å². The summed E-state index contributed by atoms with van der Waals surface area (Å²) in [5.74, 6) is -1.05.